The van der Waals surface area contributed by atoms with E-state index in [-0.39, 0.29) is 5.69 Å². The van der Waals surface area contributed by atoms with Gasteiger partial charge in [-0.1, -0.05) is 24.3 Å². The second-order valence-corrected chi connectivity index (χ2v) is 5.03. The van der Waals surface area contributed by atoms with Crippen molar-refractivity contribution in [2.45, 2.75) is 0 Å². The highest BCUT2D eigenvalue weighted by Gasteiger charge is 2.14. The molecular formula is C16H11N5O2. The van der Waals surface area contributed by atoms with Crippen LogP contribution in [-0.4, -0.2) is 24.9 Å². The molecule has 0 aliphatic carbocycles. The number of benzene rings is 2. The molecule has 0 saturated carbocycles. The van der Waals surface area contributed by atoms with Gasteiger partial charge in [-0.2, -0.15) is 0 Å². The van der Waals surface area contributed by atoms with Gasteiger partial charge in [0, 0.05) is 35.7 Å². The van der Waals surface area contributed by atoms with Crippen LogP contribution < -0.4 is 0 Å². The summed E-state index contributed by atoms with van der Waals surface area (Å²) in [6.07, 6.45) is 3.45. The lowest BCUT2D eigenvalue weighted by Crippen LogP contribution is -1.88. The molecule has 4 rings (SSSR count). The first-order valence-corrected chi connectivity index (χ1v) is 6.96. The van der Waals surface area contributed by atoms with E-state index in [0.29, 0.717) is 16.9 Å². The Morgan fingerprint density at radius 3 is 2.52 bits per heavy atom. The molecule has 4 aromatic rings. The van der Waals surface area contributed by atoms with Gasteiger partial charge in [0.25, 0.3) is 5.69 Å². The van der Waals surface area contributed by atoms with Gasteiger partial charge in [-0.05, 0) is 6.07 Å². The number of non-ortho nitro benzene ring substituents is 1. The summed E-state index contributed by atoms with van der Waals surface area (Å²) < 4.78 is 0. The molecule has 23 heavy (non-hydrogen) atoms. The van der Waals surface area contributed by atoms with E-state index < -0.39 is 4.92 Å². The van der Waals surface area contributed by atoms with Crippen LogP contribution in [0.2, 0.25) is 0 Å². The highest BCUT2D eigenvalue weighted by atomic mass is 16.6. The summed E-state index contributed by atoms with van der Waals surface area (Å²) in [4.78, 5) is 25.5. The van der Waals surface area contributed by atoms with E-state index in [4.69, 9.17) is 0 Å². The van der Waals surface area contributed by atoms with E-state index in [1.807, 2.05) is 24.3 Å². The fourth-order valence-corrected chi connectivity index (χ4v) is 2.55. The highest BCUT2D eigenvalue weighted by molar-refractivity contribution is 5.85. The first-order chi connectivity index (χ1) is 11.2. The third kappa shape index (κ3) is 2.24. The quantitative estimate of drug-likeness (QED) is 0.446. The highest BCUT2D eigenvalue weighted by Crippen LogP contribution is 2.30. The maximum absolute atomic E-state index is 10.9. The van der Waals surface area contributed by atoms with Gasteiger partial charge in [0.1, 0.15) is 11.6 Å². The molecule has 2 aromatic heterocycles. The number of aromatic nitrogens is 4. The lowest BCUT2D eigenvalue weighted by atomic mass is 10.1. The molecule has 0 radical (unpaired) electrons. The molecule has 7 heteroatoms. The second-order valence-electron chi connectivity index (χ2n) is 5.03. The van der Waals surface area contributed by atoms with Gasteiger partial charge in [-0.15, -0.1) is 0 Å². The van der Waals surface area contributed by atoms with Crippen LogP contribution in [0.4, 0.5) is 5.69 Å². The Morgan fingerprint density at radius 2 is 1.83 bits per heavy atom. The SMILES string of the molecule is O=[N+]([O-])c1ccc2nc(-c3ccccc3-c3ncc[nH]3)[nH]c2c1. The smallest absolute Gasteiger partial charge is 0.271 e. The minimum Gasteiger partial charge on any atom is -0.345 e. The van der Waals surface area contributed by atoms with Gasteiger partial charge in [-0.3, -0.25) is 10.1 Å². The van der Waals surface area contributed by atoms with E-state index in [9.17, 15) is 10.1 Å². The molecular weight excluding hydrogens is 294 g/mol. The number of nitro benzene ring substituents is 1. The zero-order valence-electron chi connectivity index (χ0n) is 11.9. The number of nitro groups is 1. The van der Waals surface area contributed by atoms with Gasteiger partial charge in [0.2, 0.25) is 0 Å². The Labute approximate surface area is 130 Å². The van der Waals surface area contributed by atoms with Crippen LogP contribution in [0.5, 0.6) is 0 Å². The summed E-state index contributed by atoms with van der Waals surface area (Å²) in [5.74, 6) is 1.39. The van der Waals surface area contributed by atoms with Gasteiger partial charge in [-0.25, -0.2) is 9.97 Å². The number of aromatic amines is 2. The van der Waals surface area contributed by atoms with Crippen molar-refractivity contribution in [3.63, 3.8) is 0 Å². The van der Waals surface area contributed by atoms with E-state index in [2.05, 4.69) is 19.9 Å². The lowest BCUT2D eigenvalue weighted by molar-refractivity contribution is -0.384. The standard InChI is InChI=1S/C16H11N5O2/c22-21(23)10-5-6-13-14(9-10)20-16(19-13)12-4-2-1-3-11(12)15-17-7-8-18-15/h1-9H,(H,17,18)(H,19,20). The zero-order chi connectivity index (χ0) is 15.8. The molecule has 0 saturated heterocycles. The lowest BCUT2D eigenvalue weighted by Gasteiger charge is -2.04. The maximum atomic E-state index is 10.9. The number of H-pyrrole nitrogens is 2. The predicted octanol–water partition coefficient (Wildman–Crippen LogP) is 3.53. The molecule has 0 atom stereocenters. The number of hydrogen-bond acceptors (Lipinski definition) is 4. The number of nitrogens with zero attached hydrogens (tertiary/aromatic N) is 3. The molecule has 2 heterocycles. The Hall–Kier alpha value is -3.48. The van der Waals surface area contributed by atoms with Crippen LogP contribution in [0.15, 0.2) is 54.9 Å². The van der Waals surface area contributed by atoms with Gasteiger partial charge < -0.3 is 9.97 Å². The van der Waals surface area contributed by atoms with Crippen LogP contribution in [0.1, 0.15) is 0 Å². The first kappa shape index (κ1) is 13.2. The van der Waals surface area contributed by atoms with E-state index in [0.717, 1.165) is 17.0 Å². The second kappa shape index (κ2) is 5.06. The minimum absolute atomic E-state index is 0.0343. The molecule has 2 aromatic carbocycles. The summed E-state index contributed by atoms with van der Waals surface area (Å²) in [6, 6.07) is 12.3. The van der Waals surface area contributed by atoms with Gasteiger partial charge >= 0.3 is 0 Å². The average Bonchev–Trinajstić information content (AvgIpc) is 3.23. The number of nitrogens with one attached hydrogen (secondary N) is 2. The molecule has 2 N–H and O–H groups in total. The van der Waals surface area contributed by atoms with Crippen molar-refractivity contribution < 1.29 is 4.92 Å². The summed E-state index contributed by atoms with van der Waals surface area (Å²) in [6.45, 7) is 0. The van der Waals surface area contributed by atoms with Crippen LogP contribution >= 0.6 is 0 Å². The van der Waals surface area contributed by atoms with Gasteiger partial charge in [0.15, 0.2) is 0 Å². The summed E-state index contributed by atoms with van der Waals surface area (Å²) >= 11 is 0. The topological polar surface area (TPSA) is 100 Å². The van der Waals surface area contributed by atoms with Crippen LogP contribution in [0.3, 0.4) is 0 Å². The number of imidazole rings is 2. The molecule has 7 nitrogen and oxygen atoms in total. The summed E-state index contributed by atoms with van der Waals surface area (Å²) in [7, 11) is 0. The Balaban J connectivity index is 1.88. The van der Waals surface area contributed by atoms with Crippen molar-refractivity contribution in [2.24, 2.45) is 0 Å². The fourth-order valence-electron chi connectivity index (χ4n) is 2.55. The minimum atomic E-state index is -0.420. The van der Waals surface area contributed by atoms with E-state index in [1.165, 1.54) is 12.1 Å². The number of fused-ring (bicyclic) bond motifs is 1. The van der Waals surface area contributed by atoms with Crippen molar-refractivity contribution in [3.05, 3.63) is 65.0 Å². The third-order valence-electron chi connectivity index (χ3n) is 3.61. The monoisotopic (exact) mass is 305 g/mol. The van der Waals surface area contributed by atoms with Crippen LogP contribution in [-0.2, 0) is 0 Å². The molecule has 0 aliphatic heterocycles. The van der Waals surface area contributed by atoms with E-state index >= 15 is 0 Å². The molecule has 0 unspecified atom stereocenters. The Morgan fingerprint density at radius 1 is 1.04 bits per heavy atom. The van der Waals surface area contributed by atoms with Crippen LogP contribution in [0.25, 0.3) is 33.8 Å². The Kier molecular flexibility index (Phi) is 2.90. The maximum Gasteiger partial charge on any atom is 0.271 e. The van der Waals surface area contributed by atoms with Gasteiger partial charge in [0.05, 0.1) is 16.0 Å². The largest absolute Gasteiger partial charge is 0.345 e. The Bertz CT molecular complexity index is 1000. The first-order valence-electron chi connectivity index (χ1n) is 6.96. The molecule has 0 spiro atoms. The zero-order valence-corrected chi connectivity index (χ0v) is 11.9. The average molecular weight is 305 g/mol. The third-order valence-corrected chi connectivity index (χ3v) is 3.61. The van der Waals surface area contributed by atoms with Crippen molar-refractivity contribution in [2.75, 3.05) is 0 Å². The van der Waals surface area contributed by atoms with E-state index in [1.54, 1.807) is 18.5 Å². The van der Waals surface area contributed by atoms with Crippen molar-refractivity contribution >= 4 is 16.7 Å². The van der Waals surface area contributed by atoms with Crippen molar-refractivity contribution in [3.8, 4) is 22.8 Å². The molecule has 0 bridgehead atoms. The number of rotatable bonds is 3. The molecule has 112 valence electrons. The molecule has 0 fully saturated rings. The number of hydrogen-bond donors (Lipinski definition) is 2. The summed E-state index contributed by atoms with van der Waals surface area (Å²) in [5.41, 5.74) is 3.13. The fraction of sp³-hybridized carbons (Fsp3) is 0. The normalized spacial score (nSPS) is 11.0. The predicted molar refractivity (Wildman–Crippen MR) is 85.8 cm³/mol. The van der Waals surface area contributed by atoms with Crippen LogP contribution in [0, 0.1) is 10.1 Å². The summed E-state index contributed by atoms with van der Waals surface area (Å²) in [5, 5.41) is 10.9. The molecule has 0 amide bonds. The van der Waals surface area contributed by atoms with Crippen molar-refractivity contribution in [1.29, 1.82) is 0 Å². The molecule has 0 aliphatic rings. The van der Waals surface area contributed by atoms with Crippen molar-refractivity contribution in [1.82, 2.24) is 19.9 Å².